The molecule has 0 aliphatic heterocycles. The molecule has 3 N–H and O–H groups in total. The number of alkyl halides is 2. The molecular weight excluding hydrogens is 349 g/mol. The summed E-state index contributed by atoms with van der Waals surface area (Å²) in [7, 11) is 1.70. The highest BCUT2D eigenvalue weighted by Crippen LogP contribution is 2.31. The van der Waals surface area contributed by atoms with Gasteiger partial charge in [-0.05, 0) is 24.3 Å². The lowest BCUT2D eigenvalue weighted by molar-refractivity contribution is 0.0138. The predicted molar refractivity (Wildman–Crippen MR) is 92.8 cm³/mol. The Morgan fingerprint density at radius 1 is 1.38 bits per heavy atom. The van der Waals surface area contributed by atoms with Gasteiger partial charge in [0.2, 0.25) is 0 Å². The Hall–Kier alpha value is -3.17. The molecule has 1 aromatic carbocycles. The van der Waals surface area contributed by atoms with Crippen molar-refractivity contribution in [3.8, 4) is 6.01 Å². The molecule has 138 valence electrons. The van der Waals surface area contributed by atoms with Crippen molar-refractivity contribution in [1.82, 2.24) is 9.97 Å². The third-order valence-corrected chi connectivity index (χ3v) is 3.19. The quantitative estimate of drug-likeness (QED) is 0.446. The van der Waals surface area contributed by atoms with Crippen molar-refractivity contribution in [3.05, 3.63) is 41.8 Å². The number of aliphatic imine (C=N–C) groups is 1. The van der Waals surface area contributed by atoms with E-state index in [4.69, 9.17) is 10.6 Å². The summed E-state index contributed by atoms with van der Waals surface area (Å²) in [6, 6.07) is 4.89. The smallest absolute Gasteiger partial charge is 0.318 e. The van der Waals surface area contributed by atoms with Crippen molar-refractivity contribution < 1.29 is 17.9 Å². The van der Waals surface area contributed by atoms with E-state index in [1.807, 2.05) is 0 Å². The second-order valence-corrected chi connectivity index (χ2v) is 5.19. The zero-order valence-electron chi connectivity index (χ0n) is 14.1. The first-order valence-electron chi connectivity index (χ1n) is 7.45. The van der Waals surface area contributed by atoms with Gasteiger partial charge in [0.1, 0.15) is 24.0 Å². The largest absolute Gasteiger partial charge is 0.457 e. The number of rotatable bonds is 7. The Morgan fingerprint density at radius 3 is 2.81 bits per heavy atom. The number of nitrogens with zero attached hydrogens (tertiary/aromatic N) is 4. The third kappa shape index (κ3) is 5.16. The van der Waals surface area contributed by atoms with Crippen LogP contribution < -0.4 is 15.9 Å². The predicted octanol–water partition coefficient (Wildman–Crippen LogP) is 2.87. The Labute approximate surface area is 147 Å². The molecule has 0 aliphatic rings. The van der Waals surface area contributed by atoms with Crippen molar-refractivity contribution in [3.63, 3.8) is 0 Å². The van der Waals surface area contributed by atoms with Gasteiger partial charge in [0.05, 0.1) is 17.5 Å². The number of anilines is 1. The minimum Gasteiger partial charge on any atom is -0.457 e. The lowest BCUT2D eigenvalue weighted by Gasteiger charge is -2.11. The van der Waals surface area contributed by atoms with Gasteiger partial charge < -0.3 is 15.9 Å². The zero-order chi connectivity index (χ0) is 19.2. The number of hydrogen-bond donors (Lipinski definition) is 2. The maximum atomic E-state index is 13.5. The molecule has 2 aromatic rings. The van der Waals surface area contributed by atoms with Gasteiger partial charge in [-0.15, -0.1) is 0 Å². The van der Waals surface area contributed by atoms with Crippen molar-refractivity contribution >= 4 is 23.4 Å². The average molecular weight is 366 g/mol. The highest BCUT2D eigenvalue weighted by molar-refractivity contribution is 6.31. The van der Waals surface area contributed by atoms with E-state index in [0.29, 0.717) is 12.7 Å². The summed E-state index contributed by atoms with van der Waals surface area (Å²) < 4.78 is 45.5. The van der Waals surface area contributed by atoms with Crippen LogP contribution in [0.25, 0.3) is 0 Å². The molecule has 0 radical (unpaired) electrons. The summed E-state index contributed by atoms with van der Waals surface area (Å²) in [5, 5.41) is 6.33. The number of halogens is 3. The fraction of sp³-hybridized carbons (Fsp3) is 0.250. The van der Waals surface area contributed by atoms with Crippen LogP contribution in [0, 0.1) is 5.82 Å². The lowest BCUT2D eigenvalue weighted by Crippen LogP contribution is -2.16. The van der Waals surface area contributed by atoms with Crippen LogP contribution in [0.3, 0.4) is 0 Å². The van der Waals surface area contributed by atoms with Crippen LogP contribution in [0.1, 0.15) is 12.5 Å². The maximum Gasteiger partial charge on any atom is 0.318 e. The fourth-order valence-electron chi connectivity index (χ4n) is 1.87. The van der Waals surface area contributed by atoms with Crippen LogP contribution in [0.2, 0.25) is 0 Å². The topological polar surface area (TPSA) is 97.8 Å². The Kier molecular flexibility index (Phi) is 6.10. The summed E-state index contributed by atoms with van der Waals surface area (Å²) in [5.41, 5.74) is -0.415. The first-order chi connectivity index (χ1) is 12.3. The van der Waals surface area contributed by atoms with Gasteiger partial charge in [0.15, 0.2) is 0 Å². The van der Waals surface area contributed by atoms with Crippen molar-refractivity contribution in [2.24, 2.45) is 15.9 Å². The highest BCUT2D eigenvalue weighted by Gasteiger charge is 2.28. The number of nitrogens with two attached hydrogens (primary N) is 1. The molecule has 0 spiro atoms. The number of hydrogen-bond acceptors (Lipinski definition) is 7. The number of benzene rings is 1. The number of ether oxygens (including phenoxy) is 1. The lowest BCUT2D eigenvalue weighted by atomic mass is 10.1. The van der Waals surface area contributed by atoms with E-state index in [2.05, 4.69) is 25.4 Å². The van der Waals surface area contributed by atoms with Crippen LogP contribution in [-0.2, 0) is 5.92 Å². The summed E-state index contributed by atoms with van der Waals surface area (Å²) in [5.74, 6) is 1.50. The number of hydrazone groups is 1. The standard InChI is InChI=1S/C16H17F3N6O/c1-16(18,19)12-7-10(3-4-13(12)17)23-8-11(25-20)9-26-15-22-6-5-14(21-2)24-15/h3-8H,9,20H2,1-2H3,(H,21,22,24). The molecule has 0 amide bonds. The minimum atomic E-state index is -3.32. The molecule has 0 bridgehead atoms. The van der Waals surface area contributed by atoms with E-state index in [-0.39, 0.29) is 24.0 Å². The highest BCUT2D eigenvalue weighted by atomic mass is 19.3. The summed E-state index contributed by atoms with van der Waals surface area (Å²) in [4.78, 5) is 11.9. The molecule has 0 fully saturated rings. The SMILES string of the molecule is CNc1ccnc(OCC(C=Nc2ccc(F)c(C(C)(F)F)c2)=NN)n1. The van der Waals surface area contributed by atoms with E-state index in [1.165, 1.54) is 18.5 Å². The van der Waals surface area contributed by atoms with Gasteiger partial charge in [0, 0.05) is 20.2 Å². The van der Waals surface area contributed by atoms with Gasteiger partial charge in [-0.25, -0.2) is 18.2 Å². The first-order valence-corrected chi connectivity index (χ1v) is 7.45. The maximum absolute atomic E-state index is 13.5. The van der Waals surface area contributed by atoms with Gasteiger partial charge in [-0.3, -0.25) is 4.99 Å². The third-order valence-electron chi connectivity index (χ3n) is 3.19. The van der Waals surface area contributed by atoms with Gasteiger partial charge in [0.25, 0.3) is 5.92 Å². The summed E-state index contributed by atoms with van der Waals surface area (Å²) in [6.45, 7) is 0.518. The molecule has 0 atom stereocenters. The second kappa shape index (κ2) is 8.28. The molecule has 10 heteroatoms. The number of aromatic nitrogens is 2. The molecule has 0 saturated heterocycles. The molecule has 2 rings (SSSR count). The Morgan fingerprint density at radius 2 is 2.15 bits per heavy atom. The Bertz CT molecular complexity index is 820. The Balaban J connectivity index is 2.08. The van der Waals surface area contributed by atoms with E-state index in [0.717, 1.165) is 12.1 Å². The van der Waals surface area contributed by atoms with Crippen LogP contribution >= 0.6 is 0 Å². The van der Waals surface area contributed by atoms with Crippen molar-refractivity contribution in [2.75, 3.05) is 19.0 Å². The second-order valence-electron chi connectivity index (χ2n) is 5.19. The summed E-state index contributed by atoms with van der Waals surface area (Å²) >= 11 is 0. The van der Waals surface area contributed by atoms with Gasteiger partial charge in [-0.2, -0.15) is 10.1 Å². The van der Waals surface area contributed by atoms with Gasteiger partial charge in [-0.1, -0.05) is 0 Å². The van der Waals surface area contributed by atoms with Crippen molar-refractivity contribution in [1.29, 1.82) is 0 Å². The van der Waals surface area contributed by atoms with E-state index in [9.17, 15) is 13.2 Å². The number of nitrogens with one attached hydrogen (secondary N) is 1. The average Bonchev–Trinajstić information content (AvgIpc) is 2.62. The normalized spacial score (nSPS) is 12.4. The van der Waals surface area contributed by atoms with Crippen molar-refractivity contribution in [2.45, 2.75) is 12.8 Å². The van der Waals surface area contributed by atoms with Gasteiger partial charge >= 0.3 is 6.01 Å². The van der Waals surface area contributed by atoms with Crippen LogP contribution in [0.5, 0.6) is 6.01 Å². The summed E-state index contributed by atoms with van der Waals surface area (Å²) in [6.07, 6.45) is 2.74. The molecule has 26 heavy (non-hydrogen) atoms. The minimum absolute atomic E-state index is 0.0921. The zero-order valence-corrected chi connectivity index (χ0v) is 14.1. The van der Waals surface area contributed by atoms with E-state index in [1.54, 1.807) is 13.1 Å². The fourth-order valence-corrected chi connectivity index (χ4v) is 1.87. The molecule has 1 aromatic heterocycles. The molecule has 0 aliphatic carbocycles. The first kappa shape index (κ1) is 19.2. The van der Waals surface area contributed by atoms with Crippen LogP contribution in [0.4, 0.5) is 24.7 Å². The molecular formula is C16H17F3N6O. The van der Waals surface area contributed by atoms with E-state index < -0.39 is 17.3 Å². The molecule has 1 heterocycles. The monoisotopic (exact) mass is 366 g/mol. The molecule has 0 unspecified atom stereocenters. The van der Waals surface area contributed by atoms with Crippen LogP contribution in [0.15, 0.2) is 40.6 Å². The van der Waals surface area contributed by atoms with Crippen LogP contribution in [-0.4, -0.2) is 35.5 Å². The van der Waals surface area contributed by atoms with E-state index >= 15 is 0 Å². The molecule has 7 nitrogen and oxygen atoms in total. The molecule has 0 saturated carbocycles.